The summed E-state index contributed by atoms with van der Waals surface area (Å²) in [5.41, 5.74) is 8.57. The van der Waals surface area contributed by atoms with Crippen LogP contribution in [-0.4, -0.2) is 47.6 Å². The van der Waals surface area contributed by atoms with E-state index in [1.54, 1.807) is 30.3 Å². The van der Waals surface area contributed by atoms with Crippen molar-refractivity contribution in [3.63, 3.8) is 0 Å². The Labute approximate surface area is 255 Å². The van der Waals surface area contributed by atoms with E-state index >= 15 is 0 Å². The van der Waals surface area contributed by atoms with Crippen LogP contribution in [0.1, 0.15) is 11.1 Å². The topological polar surface area (TPSA) is 123 Å². The first-order valence-corrected chi connectivity index (χ1v) is 15.2. The molecule has 0 fully saturated rings. The molecule has 4 aromatic carbocycles. The largest absolute Gasteiger partial charge is 0.493 e. The number of hydrogen-bond acceptors (Lipinski definition) is 7. The highest BCUT2D eigenvalue weighted by atomic mass is 32.2. The van der Waals surface area contributed by atoms with Crippen LogP contribution < -0.4 is 29.4 Å². The SMILES string of the molecule is COc1cc(/C=C/C(=O)NNC(=O)COc2ccc(-c3ccccc3)cc2)cc(S(=O)(=O)N2CCc3ccccc32)c1OC. The normalized spacial score (nSPS) is 12.5. The van der Waals surface area contributed by atoms with Gasteiger partial charge in [-0.3, -0.25) is 24.7 Å². The molecule has 0 aliphatic carbocycles. The molecule has 5 rings (SSSR count). The van der Waals surface area contributed by atoms with Gasteiger partial charge in [-0.05, 0) is 65.1 Å². The Balaban J connectivity index is 1.21. The lowest BCUT2D eigenvalue weighted by Crippen LogP contribution is -2.43. The van der Waals surface area contributed by atoms with Gasteiger partial charge in [0.2, 0.25) is 0 Å². The zero-order chi connectivity index (χ0) is 31.1. The van der Waals surface area contributed by atoms with Gasteiger partial charge in [0.25, 0.3) is 21.8 Å². The van der Waals surface area contributed by atoms with Crippen molar-refractivity contribution in [1.82, 2.24) is 10.9 Å². The molecule has 4 aromatic rings. The van der Waals surface area contributed by atoms with Gasteiger partial charge >= 0.3 is 0 Å². The minimum Gasteiger partial charge on any atom is -0.493 e. The molecule has 2 amide bonds. The Morgan fingerprint density at radius 3 is 2.30 bits per heavy atom. The monoisotopic (exact) mass is 613 g/mol. The summed E-state index contributed by atoms with van der Waals surface area (Å²) in [5.74, 6) is -0.464. The number of nitrogens with one attached hydrogen (secondary N) is 2. The fourth-order valence-corrected chi connectivity index (χ4v) is 6.53. The number of benzene rings is 4. The first kappa shape index (κ1) is 30.2. The van der Waals surface area contributed by atoms with Gasteiger partial charge in [-0.1, -0.05) is 60.7 Å². The van der Waals surface area contributed by atoms with Gasteiger partial charge in [0.05, 0.1) is 19.9 Å². The van der Waals surface area contributed by atoms with E-state index in [0.717, 1.165) is 22.8 Å². The molecule has 44 heavy (non-hydrogen) atoms. The quantitative estimate of drug-likeness (QED) is 0.201. The van der Waals surface area contributed by atoms with Gasteiger partial charge < -0.3 is 14.2 Å². The van der Waals surface area contributed by atoms with E-state index in [-0.39, 0.29) is 29.5 Å². The number of methoxy groups -OCH3 is 2. The molecule has 0 bridgehead atoms. The Morgan fingerprint density at radius 2 is 1.57 bits per heavy atom. The van der Waals surface area contributed by atoms with Crippen molar-refractivity contribution in [3.8, 4) is 28.4 Å². The third kappa shape index (κ3) is 6.68. The number of hydrazine groups is 1. The third-order valence-corrected chi connectivity index (χ3v) is 8.78. The molecule has 0 saturated carbocycles. The Morgan fingerprint density at radius 1 is 0.864 bits per heavy atom. The van der Waals surface area contributed by atoms with E-state index < -0.39 is 21.8 Å². The van der Waals surface area contributed by atoms with Gasteiger partial charge in [0.15, 0.2) is 18.1 Å². The summed E-state index contributed by atoms with van der Waals surface area (Å²) in [6.45, 7) is -0.0246. The summed E-state index contributed by atoms with van der Waals surface area (Å²) in [6, 6.07) is 27.5. The highest BCUT2D eigenvalue weighted by Crippen LogP contribution is 2.40. The Kier molecular flexibility index (Phi) is 9.15. The van der Waals surface area contributed by atoms with E-state index in [1.165, 1.54) is 30.7 Å². The first-order chi connectivity index (χ1) is 21.3. The van der Waals surface area contributed by atoms with Crippen molar-refractivity contribution < 1.29 is 32.2 Å². The molecule has 0 atom stereocenters. The fraction of sp³-hybridized carbons (Fsp3) is 0.152. The lowest BCUT2D eigenvalue weighted by atomic mass is 10.1. The maximum absolute atomic E-state index is 13.8. The molecule has 10 nitrogen and oxygen atoms in total. The van der Waals surface area contributed by atoms with Crippen LogP contribution in [0.3, 0.4) is 0 Å². The lowest BCUT2D eigenvalue weighted by Gasteiger charge is -2.22. The lowest BCUT2D eigenvalue weighted by molar-refractivity contribution is -0.128. The van der Waals surface area contributed by atoms with Crippen LogP contribution in [0.25, 0.3) is 17.2 Å². The van der Waals surface area contributed by atoms with Gasteiger partial charge in [0.1, 0.15) is 10.6 Å². The van der Waals surface area contributed by atoms with Gasteiger partial charge in [-0.2, -0.15) is 0 Å². The van der Waals surface area contributed by atoms with Crippen LogP contribution in [-0.2, 0) is 26.0 Å². The maximum Gasteiger partial charge on any atom is 0.276 e. The maximum atomic E-state index is 13.8. The van der Waals surface area contributed by atoms with Gasteiger partial charge in [-0.15, -0.1) is 0 Å². The molecule has 1 aliphatic rings. The number of sulfonamides is 1. The number of anilines is 1. The van der Waals surface area contributed by atoms with Crippen molar-refractivity contribution in [2.75, 3.05) is 31.7 Å². The van der Waals surface area contributed by atoms with Crippen LogP contribution in [0.2, 0.25) is 0 Å². The molecule has 226 valence electrons. The fourth-order valence-electron chi connectivity index (χ4n) is 4.82. The number of nitrogens with zero attached hydrogens (tertiary/aromatic N) is 1. The number of rotatable bonds is 10. The molecule has 0 saturated heterocycles. The summed E-state index contributed by atoms with van der Waals surface area (Å²) in [4.78, 5) is 24.6. The summed E-state index contributed by atoms with van der Waals surface area (Å²) in [6.07, 6.45) is 3.16. The molecule has 0 aromatic heterocycles. The average molecular weight is 614 g/mol. The predicted octanol–water partition coefficient (Wildman–Crippen LogP) is 4.36. The highest BCUT2D eigenvalue weighted by molar-refractivity contribution is 7.93. The predicted molar refractivity (Wildman–Crippen MR) is 167 cm³/mol. The van der Waals surface area contributed by atoms with Crippen LogP contribution in [0.4, 0.5) is 5.69 Å². The van der Waals surface area contributed by atoms with E-state index in [0.29, 0.717) is 23.4 Å². The molecular formula is C33H31N3O7S. The van der Waals surface area contributed by atoms with E-state index in [1.807, 2.05) is 54.6 Å². The van der Waals surface area contributed by atoms with Crippen LogP contribution in [0, 0.1) is 0 Å². The summed E-state index contributed by atoms with van der Waals surface area (Å²) < 4.78 is 45.3. The van der Waals surface area contributed by atoms with Crippen LogP contribution in [0.5, 0.6) is 17.2 Å². The average Bonchev–Trinajstić information content (AvgIpc) is 3.51. The minimum atomic E-state index is -4.03. The molecule has 0 unspecified atom stereocenters. The summed E-state index contributed by atoms with van der Waals surface area (Å²) >= 11 is 0. The zero-order valence-corrected chi connectivity index (χ0v) is 25.0. The zero-order valence-electron chi connectivity index (χ0n) is 24.1. The third-order valence-electron chi connectivity index (χ3n) is 6.96. The highest BCUT2D eigenvalue weighted by Gasteiger charge is 2.34. The first-order valence-electron chi connectivity index (χ1n) is 13.7. The molecule has 0 radical (unpaired) electrons. The van der Waals surface area contributed by atoms with E-state index in [9.17, 15) is 18.0 Å². The molecule has 0 spiro atoms. The standard InChI is InChI=1S/C33H31N3O7S/c1-41-29-20-23(21-30(33(29)42-2)44(39,40)36-19-18-26-10-6-7-11-28(26)36)12-17-31(37)34-35-32(38)22-43-27-15-13-25(14-16-27)24-8-4-3-5-9-24/h3-17,20-21H,18-19,22H2,1-2H3,(H,34,37)(H,35,38)/b17-12+. The molecule has 1 aliphatic heterocycles. The second-order valence-corrected chi connectivity index (χ2v) is 11.6. The number of ether oxygens (including phenoxy) is 3. The smallest absolute Gasteiger partial charge is 0.276 e. The minimum absolute atomic E-state index is 0.0560. The van der Waals surface area contributed by atoms with E-state index in [2.05, 4.69) is 10.9 Å². The van der Waals surface area contributed by atoms with Crippen molar-refractivity contribution >= 4 is 33.6 Å². The Hall–Kier alpha value is -5.29. The molecule has 11 heteroatoms. The second-order valence-electron chi connectivity index (χ2n) is 9.76. The van der Waals surface area contributed by atoms with Crippen molar-refractivity contribution in [1.29, 1.82) is 0 Å². The number of carbonyl (C=O) groups is 2. The molecule has 1 heterocycles. The van der Waals surface area contributed by atoms with Gasteiger partial charge in [0, 0.05) is 12.6 Å². The van der Waals surface area contributed by atoms with Crippen molar-refractivity contribution in [2.45, 2.75) is 11.3 Å². The van der Waals surface area contributed by atoms with Gasteiger partial charge in [-0.25, -0.2) is 8.42 Å². The number of amides is 2. The number of para-hydroxylation sites is 1. The summed E-state index contributed by atoms with van der Waals surface area (Å²) in [7, 11) is -1.27. The summed E-state index contributed by atoms with van der Waals surface area (Å²) in [5, 5.41) is 0. The van der Waals surface area contributed by atoms with Crippen molar-refractivity contribution in [2.24, 2.45) is 0 Å². The molecular weight excluding hydrogens is 582 g/mol. The van der Waals surface area contributed by atoms with Crippen LogP contribution >= 0.6 is 0 Å². The number of hydrogen-bond donors (Lipinski definition) is 2. The van der Waals surface area contributed by atoms with Crippen molar-refractivity contribution in [3.05, 3.63) is 108 Å². The van der Waals surface area contributed by atoms with Crippen LogP contribution in [0.15, 0.2) is 102 Å². The Bertz CT molecular complexity index is 1790. The number of carbonyl (C=O) groups excluding carboxylic acids is 2. The molecule has 2 N–H and O–H groups in total. The second kappa shape index (κ2) is 13.3. The number of fused-ring (bicyclic) bond motifs is 1. The van der Waals surface area contributed by atoms with E-state index in [4.69, 9.17) is 14.2 Å².